The molecule has 1 saturated heterocycles. The molecular formula is C18H22N2O2. The van der Waals surface area contributed by atoms with Gasteiger partial charge >= 0.3 is 6.03 Å². The topological polar surface area (TPSA) is 40.6 Å². The molecule has 0 aromatic heterocycles. The number of rotatable bonds is 2. The van der Waals surface area contributed by atoms with E-state index in [4.69, 9.17) is 0 Å². The van der Waals surface area contributed by atoms with E-state index in [-0.39, 0.29) is 18.0 Å². The fraction of sp³-hybridized carbons (Fsp3) is 0.556. The van der Waals surface area contributed by atoms with E-state index in [0.29, 0.717) is 30.8 Å². The summed E-state index contributed by atoms with van der Waals surface area (Å²) >= 11 is 0. The fourth-order valence-corrected chi connectivity index (χ4v) is 4.43. The maximum Gasteiger partial charge on any atom is 0.327 e. The molecule has 2 aliphatic heterocycles. The highest BCUT2D eigenvalue weighted by atomic mass is 16.2. The van der Waals surface area contributed by atoms with Gasteiger partial charge in [0.25, 0.3) is 5.91 Å². The molecule has 1 unspecified atom stereocenters. The number of imide groups is 1. The third-order valence-corrected chi connectivity index (χ3v) is 5.40. The van der Waals surface area contributed by atoms with Gasteiger partial charge in [-0.1, -0.05) is 38.1 Å². The predicted molar refractivity (Wildman–Crippen MR) is 83.1 cm³/mol. The molecule has 2 fully saturated rings. The lowest BCUT2D eigenvalue weighted by atomic mass is 9.64. The van der Waals surface area contributed by atoms with E-state index in [1.54, 1.807) is 4.90 Å². The second kappa shape index (κ2) is 4.58. The Kier molecular flexibility index (Phi) is 2.87. The average molecular weight is 298 g/mol. The number of urea groups is 1. The number of benzene rings is 1. The molecule has 4 heteroatoms. The molecule has 116 valence electrons. The van der Waals surface area contributed by atoms with E-state index in [2.05, 4.69) is 26.0 Å². The molecule has 0 spiro atoms. The van der Waals surface area contributed by atoms with E-state index < -0.39 is 0 Å². The molecule has 1 aromatic carbocycles. The zero-order valence-electron chi connectivity index (χ0n) is 13.2. The molecule has 4 rings (SSSR count). The molecule has 22 heavy (non-hydrogen) atoms. The SMILES string of the molecule is CC1(C)CC(CN2C(=O)C3Cc4ccccc4CN3C2=O)C1. The Bertz CT molecular complexity index is 601. The molecule has 1 aromatic rings. The van der Waals surface area contributed by atoms with E-state index >= 15 is 0 Å². The summed E-state index contributed by atoms with van der Waals surface area (Å²) in [6.07, 6.45) is 2.87. The molecule has 3 aliphatic rings. The summed E-state index contributed by atoms with van der Waals surface area (Å²) in [4.78, 5) is 28.6. The summed E-state index contributed by atoms with van der Waals surface area (Å²) in [5, 5.41) is 0. The molecule has 1 saturated carbocycles. The lowest BCUT2D eigenvalue weighted by Crippen LogP contribution is -2.43. The Labute approximate surface area is 131 Å². The summed E-state index contributed by atoms with van der Waals surface area (Å²) in [7, 11) is 0. The highest BCUT2D eigenvalue weighted by Crippen LogP contribution is 2.45. The highest BCUT2D eigenvalue weighted by molar-refractivity contribution is 6.04. The normalized spacial score (nSPS) is 26.7. The largest absolute Gasteiger partial charge is 0.327 e. The fourth-order valence-electron chi connectivity index (χ4n) is 4.43. The van der Waals surface area contributed by atoms with Gasteiger partial charge in [0.15, 0.2) is 0 Å². The molecule has 1 aliphatic carbocycles. The zero-order chi connectivity index (χ0) is 15.5. The van der Waals surface area contributed by atoms with Crippen molar-refractivity contribution >= 4 is 11.9 Å². The molecule has 2 heterocycles. The van der Waals surface area contributed by atoms with Crippen molar-refractivity contribution in [2.24, 2.45) is 11.3 Å². The van der Waals surface area contributed by atoms with Crippen LogP contribution in [0.2, 0.25) is 0 Å². The van der Waals surface area contributed by atoms with Crippen LogP contribution in [0.1, 0.15) is 37.8 Å². The van der Waals surface area contributed by atoms with Gasteiger partial charge in [0, 0.05) is 19.5 Å². The van der Waals surface area contributed by atoms with Crippen molar-refractivity contribution < 1.29 is 9.59 Å². The van der Waals surface area contributed by atoms with Gasteiger partial charge in [-0.15, -0.1) is 0 Å². The van der Waals surface area contributed by atoms with E-state index in [1.807, 2.05) is 12.1 Å². The molecule has 4 nitrogen and oxygen atoms in total. The van der Waals surface area contributed by atoms with E-state index in [1.165, 1.54) is 16.0 Å². The van der Waals surface area contributed by atoms with Crippen LogP contribution >= 0.6 is 0 Å². The summed E-state index contributed by atoms with van der Waals surface area (Å²) < 4.78 is 0. The van der Waals surface area contributed by atoms with Crippen LogP contribution in [0, 0.1) is 11.3 Å². The molecule has 0 N–H and O–H groups in total. The predicted octanol–water partition coefficient (Wildman–Crippen LogP) is 2.81. The van der Waals surface area contributed by atoms with Crippen LogP contribution in [0.5, 0.6) is 0 Å². The van der Waals surface area contributed by atoms with Crippen molar-refractivity contribution in [1.29, 1.82) is 0 Å². The van der Waals surface area contributed by atoms with Gasteiger partial charge in [0.05, 0.1) is 0 Å². The van der Waals surface area contributed by atoms with Crippen LogP contribution in [0.4, 0.5) is 4.79 Å². The monoisotopic (exact) mass is 298 g/mol. The van der Waals surface area contributed by atoms with Crippen LogP contribution in [-0.2, 0) is 17.8 Å². The summed E-state index contributed by atoms with van der Waals surface area (Å²) in [5.74, 6) is 0.482. The maximum atomic E-state index is 12.7. The Morgan fingerprint density at radius 1 is 1.14 bits per heavy atom. The third kappa shape index (κ3) is 2.04. The number of carbonyl (C=O) groups excluding carboxylic acids is 2. The lowest BCUT2D eigenvalue weighted by molar-refractivity contribution is -0.129. The van der Waals surface area contributed by atoms with Crippen LogP contribution in [-0.4, -0.2) is 34.3 Å². The number of amides is 3. The highest BCUT2D eigenvalue weighted by Gasteiger charge is 2.49. The summed E-state index contributed by atoms with van der Waals surface area (Å²) in [6.45, 7) is 5.66. The molecule has 0 radical (unpaired) electrons. The Morgan fingerprint density at radius 2 is 1.82 bits per heavy atom. The van der Waals surface area contributed by atoms with Crippen LogP contribution in [0.3, 0.4) is 0 Å². The molecule has 3 amide bonds. The number of fused-ring (bicyclic) bond motifs is 2. The van der Waals surface area contributed by atoms with Crippen LogP contribution in [0.25, 0.3) is 0 Å². The van der Waals surface area contributed by atoms with Crippen LogP contribution < -0.4 is 0 Å². The summed E-state index contributed by atoms with van der Waals surface area (Å²) in [6, 6.07) is 7.76. The first-order valence-electron chi connectivity index (χ1n) is 8.13. The van der Waals surface area contributed by atoms with Crippen molar-refractivity contribution in [2.45, 2.75) is 45.7 Å². The number of hydrogen-bond acceptors (Lipinski definition) is 2. The molecule has 1 atom stereocenters. The maximum absolute atomic E-state index is 12.7. The van der Waals surface area contributed by atoms with Gasteiger partial charge in [-0.05, 0) is 35.3 Å². The second-order valence-corrected chi connectivity index (χ2v) is 7.79. The minimum absolute atomic E-state index is 0.00390. The second-order valence-electron chi connectivity index (χ2n) is 7.79. The van der Waals surface area contributed by atoms with Gasteiger partial charge in [-0.2, -0.15) is 0 Å². The van der Waals surface area contributed by atoms with Crippen LogP contribution in [0.15, 0.2) is 24.3 Å². The lowest BCUT2D eigenvalue weighted by Gasteiger charge is -2.43. The van der Waals surface area contributed by atoms with Crippen molar-refractivity contribution in [3.63, 3.8) is 0 Å². The Balaban J connectivity index is 1.52. The van der Waals surface area contributed by atoms with Crippen molar-refractivity contribution in [3.8, 4) is 0 Å². The van der Waals surface area contributed by atoms with Gasteiger partial charge in [0.1, 0.15) is 6.04 Å². The van der Waals surface area contributed by atoms with E-state index in [0.717, 1.165) is 12.8 Å². The zero-order valence-corrected chi connectivity index (χ0v) is 13.2. The van der Waals surface area contributed by atoms with Gasteiger partial charge in [0.2, 0.25) is 0 Å². The summed E-state index contributed by atoms with van der Waals surface area (Å²) in [5.41, 5.74) is 2.75. The van der Waals surface area contributed by atoms with Gasteiger partial charge < -0.3 is 4.90 Å². The first kappa shape index (κ1) is 13.8. The minimum Gasteiger partial charge on any atom is -0.308 e. The van der Waals surface area contributed by atoms with Gasteiger partial charge in [-0.25, -0.2) is 4.79 Å². The first-order chi connectivity index (χ1) is 10.4. The quantitative estimate of drug-likeness (QED) is 0.788. The average Bonchev–Trinajstić information content (AvgIpc) is 2.68. The van der Waals surface area contributed by atoms with Crippen molar-refractivity contribution in [1.82, 2.24) is 9.80 Å². The van der Waals surface area contributed by atoms with Crippen molar-refractivity contribution in [2.75, 3.05) is 6.54 Å². The van der Waals surface area contributed by atoms with Crippen molar-refractivity contribution in [3.05, 3.63) is 35.4 Å². The number of hydrogen-bond donors (Lipinski definition) is 0. The van der Waals surface area contributed by atoms with Gasteiger partial charge in [-0.3, -0.25) is 9.69 Å². The molecular weight excluding hydrogens is 276 g/mol. The molecule has 0 bridgehead atoms. The number of carbonyl (C=O) groups is 2. The van der Waals surface area contributed by atoms with E-state index in [9.17, 15) is 9.59 Å². The Morgan fingerprint density at radius 3 is 2.50 bits per heavy atom. The third-order valence-electron chi connectivity index (χ3n) is 5.40. The standard InChI is InChI=1S/C18H22N2O2/c1-18(2)8-12(9-18)10-20-16(21)15-7-13-5-3-4-6-14(13)11-19(15)17(20)22/h3-6,12,15H,7-11H2,1-2H3. The first-order valence-corrected chi connectivity index (χ1v) is 8.13. The smallest absolute Gasteiger partial charge is 0.308 e. The number of nitrogens with zero attached hydrogens (tertiary/aromatic N) is 2. The Hall–Kier alpha value is -1.84. The minimum atomic E-state index is -0.282.